The molecule has 0 unspecified atom stereocenters. The highest BCUT2D eigenvalue weighted by molar-refractivity contribution is 5.61. The maximum absolute atomic E-state index is 8.79. The van der Waals surface area contributed by atoms with E-state index in [0.717, 1.165) is 0 Å². The molecule has 1 N–H and O–H groups in total. The summed E-state index contributed by atoms with van der Waals surface area (Å²) in [7, 11) is 0. The molecule has 0 saturated heterocycles. The summed E-state index contributed by atoms with van der Waals surface area (Å²) in [5.74, 6) is 0. The van der Waals surface area contributed by atoms with Crippen LogP contribution in [0.15, 0.2) is 54.9 Å². The topological polar surface area (TPSA) is 24.1 Å². The molecule has 1 aromatic carbocycles. The monoisotopic (exact) mass is 279 g/mol. The van der Waals surface area contributed by atoms with Crippen LogP contribution in [-0.2, 0) is 6.54 Å². The molecular formula is C13H14BrNO. The summed E-state index contributed by atoms with van der Waals surface area (Å²) in [5, 5.41) is 8.79. The van der Waals surface area contributed by atoms with Crippen molar-refractivity contribution in [1.29, 1.82) is 0 Å². The van der Waals surface area contributed by atoms with Gasteiger partial charge in [0.15, 0.2) is 18.9 Å². The van der Waals surface area contributed by atoms with Gasteiger partial charge >= 0.3 is 0 Å². The fourth-order valence-electron chi connectivity index (χ4n) is 1.54. The van der Waals surface area contributed by atoms with Crippen LogP contribution in [0, 0.1) is 0 Å². The number of hydrogen-bond donors (Lipinski definition) is 1. The molecule has 2 rings (SSSR count). The first-order chi connectivity index (χ1) is 7.40. The zero-order valence-corrected chi connectivity index (χ0v) is 10.5. The number of halogens is 1. The van der Waals surface area contributed by atoms with Crippen molar-refractivity contribution in [2.24, 2.45) is 0 Å². The van der Waals surface area contributed by atoms with Gasteiger partial charge in [0.2, 0.25) is 0 Å². The van der Waals surface area contributed by atoms with Crippen LogP contribution in [0.2, 0.25) is 0 Å². The van der Waals surface area contributed by atoms with Gasteiger partial charge in [0.05, 0.1) is 0 Å². The number of aliphatic hydroxyl groups excluding tert-OH is 1. The largest absolute Gasteiger partial charge is 1.00 e. The minimum atomic E-state index is 0. The lowest BCUT2D eigenvalue weighted by molar-refractivity contribution is -0.698. The van der Waals surface area contributed by atoms with E-state index in [1.54, 1.807) is 0 Å². The van der Waals surface area contributed by atoms with Gasteiger partial charge in [0.1, 0.15) is 6.61 Å². The number of benzene rings is 1. The first-order valence-electron chi connectivity index (χ1n) is 5.05. The standard InChI is InChI=1S/C13H14NO.BrH/c15-11-10-14-8-6-13(7-9-14)12-4-2-1-3-5-12;/h1-9,15H,10-11H2;1H/q+1;/p-1. The molecule has 1 heterocycles. The van der Waals surface area contributed by atoms with Crippen LogP contribution in [-0.4, -0.2) is 11.7 Å². The number of nitrogens with zero attached hydrogens (tertiary/aromatic N) is 1. The minimum Gasteiger partial charge on any atom is -1.00 e. The van der Waals surface area contributed by atoms with Crippen molar-refractivity contribution in [1.82, 2.24) is 0 Å². The quantitative estimate of drug-likeness (QED) is 0.690. The molecule has 0 aliphatic carbocycles. The smallest absolute Gasteiger partial charge is 0.171 e. The average molecular weight is 280 g/mol. The first kappa shape index (κ1) is 12.9. The van der Waals surface area contributed by atoms with Gasteiger partial charge in [-0.25, -0.2) is 4.57 Å². The van der Waals surface area contributed by atoms with E-state index in [2.05, 4.69) is 24.3 Å². The van der Waals surface area contributed by atoms with Crippen LogP contribution in [0.4, 0.5) is 0 Å². The summed E-state index contributed by atoms with van der Waals surface area (Å²) < 4.78 is 1.96. The van der Waals surface area contributed by atoms with Crippen molar-refractivity contribution in [3.63, 3.8) is 0 Å². The molecule has 0 atom stereocenters. The van der Waals surface area contributed by atoms with Crippen LogP contribution >= 0.6 is 0 Å². The maximum atomic E-state index is 8.79. The lowest BCUT2D eigenvalue weighted by Gasteiger charge is -1.99. The van der Waals surface area contributed by atoms with Crippen molar-refractivity contribution in [2.75, 3.05) is 6.61 Å². The zero-order valence-electron chi connectivity index (χ0n) is 8.88. The molecule has 84 valence electrons. The summed E-state index contributed by atoms with van der Waals surface area (Å²) in [5.41, 5.74) is 2.42. The summed E-state index contributed by atoms with van der Waals surface area (Å²) in [6.07, 6.45) is 3.97. The van der Waals surface area contributed by atoms with E-state index in [1.807, 2.05) is 35.2 Å². The lowest BCUT2D eigenvalue weighted by Crippen LogP contribution is -3.00. The van der Waals surface area contributed by atoms with Gasteiger partial charge in [-0.15, -0.1) is 0 Å². The molecule has 0 spiro atoms. The van der Waals surface area contributed by atoms with E-state index in [-0.39, 0.29) is 23.6 Å². The van der Waals surface area contributed by atoms with Crippen molar-refractivity contribution < 1.29 is 26.7 Å². The fraction of sp³-hybridized carbons (Fsp3) is 0.154. The Labute approximate surface area is 106 Å². The van der Waals surface area contributed by atoms with E-state index >= 15 is 0 Å². The van der Waals surface area contributed by atoms with Crippen molar-refractivity contribution in [2.45, 2.75) is 6.54 Å². The Morgan fingerprint density at radius 1 is 0.875 bits per heavy atom. The molecule has 0 radical (unpaired) electrons. The first-order valence-corrected chi connectivity index (χ1v) is 5.05. The van der Waals surface area contributed by atoms with Gasteiger partial charge in [-0.3, -0.25) is 0 Å². The lowest BCUT2D eigenvalue weighted by atomic mass is 10.1. The number of rotatable bonds is 3. The molecule has 0 saturated carbocycles. The van der Waals surface area contributed by atoms with Gasteiger partial charge in [0.25, 0.3) is 0 Å². The Morgan fingerprint density at radius 3 is 2.00 bits per heavy atom. The van der Waals surface area contributed by atoms with Crippen LogP contribution in [0.3, 0.4) is 0 Å². The molecule has 2 nitrogen and oxygen atoms in total. The Bertz CT molecular complexity index is 414. The normalized spacial score (nSPS) is 9.56. The van der Waals surface area contributed by atoms with Crippen LogP contribution in [0.1, 0.15) is 0 Å². The van der Waals surface area contributed by atoms with E-state index < -0.39 is 0 Å². The van der Waals surface area contributed by atoms with Crippen molar-refractivity contribution >= 4 is 0 Å². The number of aromatic nitrogens is 1. The predicted octanol–water partition coefficient (Wildman–Crippen LogP) is -1.36. The Hall–Kier alpha value is -1.19. The Morgan fingerprint density at radius 2 is 1.44 bits per heavy atom. The average Bonchev–Trinajstić information content (AvgIpc) is 2.32. The Balaban J connectivity index is 0.00000128. The van der Waals surface area contributed by atoms with E-state index in [4.69, 9.17) is 5.11 Å². The molecule has 0 aliphatic heterocycles. The molecule has 0 bridgehead atoms. The number of pyridine rings is 1. The third-order valence-corrected chi connectivity index (χ3v) is 2.36. The van der Waals surface area contributed by atoms with Crippen LogP contribution in [0.25, 0.3) is 11.1 Å². The van der Waals surface area contributed by atoms with Crippen LogP contribution in [0.5, 0.6) is 0 Å². The van der Waals surface area contributed by atoms with Crippen LogP contribution < -0.4 is 21.5 Å². The van der Waals surface area contributed by atoms with Gasteiger partial charge in [0, 0.05) is 12.1 Å². The van der Waals surface area contributed by atoms with Gasteiger partial charge in [-0.05, 0) is 11.1 Å². The molecular weight excluding hydrogens is 266 g/mol. The van der Waals surface area contributed by atoms with Gasteiger partial charge in [-0.1, -0.05) is 30.3 Å². The molecule has 3 heteroatoms. The van der Waals surface area contributed by atoms with Crippen molar-refractivity contribution in [3.05, 3.63) is 54.9 Å². The fourth-order valence-corrected chi connectivity index (χ4v) is 1.54. The van der Waals surface area contributed by atoms with E-state index in [9.17, 15) is 0 Å². The summed E-state index contributed by atoms with van der Waals surface area (Å²) >= 11 is 0. The molecule has 2 aromatic rings. The number of hydrogen-bond acceptors (Lipinski definition) is 1. The molecule has 0 aliphatic rings. The molecule has 1 aromatic heterocycles. The third kappa shape index (κ3) is 3.15. The molecule has 0 fully saturated rings. The maximum Gasteiger partial charge on any atom is 0.171 e. The molecule has 0 amide bonds. The summed E-state index contributed by atoms with van der Waals surface area (Å²) in [4.78, 5) is 0. The van der Waals surface area contributed by atoms with Gasteiger partial charge < -0.3 is 22.1 Å². The van der Waals surface area contributed by atoms with E-state index in [0.29, 0.717) is 6.54 Å². The minimum absolute atomic E-state index is 0. The number of aliphatic hydroxyl groups is 1. The summed E-state index contributed by atoms with van der Waals surface area (Å²) in [6, 6.07) is 14.4. The summed E-state index contributed by atoms with van der Waals surface area (Å²) in [6.45, 7) is 0.824. The van der Waals surface area contributed by atoms with Crippen molar-refractivity contribution in [3.8, 4) is 11.1 Å². The second-order valence-electron chi connectivity index (χ2n) is 3.41. The highest BCUT2D eigenvalue weighted by Crippen LogP contribution is 2.16. The van der Waals surface area contributed by atoms with E-state index in [1.165, 1.54) is 11.1 Å². The SMILES string of the molecule is OCC[n+]1ccc(-c2ccccc2)cc1.[Br-]. The third-order valence-electron chi connectivity index (χ3n) is 2.36. The molecule has 16 heavy (non-hydrogen) atoms. The predicted molar refractivity (Wildman–Crippen MR) is 59.2 cm³/mol. The zero-order chi connectivity index (χ0) is 10.5. The highest BCUT2D eigenvalue weighted by Gasteiger charge is 2.00. The second-order valence-corrected chi connectivity index (χ2v) is 3.41. The Kier molecular flexibility index (Phi) is 5.15. The highest BCUT2D eigenvalue weighted by atomic mass is 79.9. The second kappa shape index (κ2) is 6.40. The van der Waals surface area contributed by atoms with Gasteiger partial charge in [-0.2, -0.15) is 0 Å².